The minimum atomic E-state index is -0.0466. The zero-order chi connectivity index (χ0) is 18.0. The summed E-state index contributed by atoms with van der Waals surface area (Å²) in [5, 5.41) is 3.19. The van der Waals surface area contributed by atoms with Gasteiger partial charge in [-0.25, -0.2) is 0 Å². The van der Waals surface area contributed by atoms with Crippen molar-refractivity contribution in [3.05, 3.63) is 65.2 Å². The molecule has 3 nitrogen and oxygen atoms in total. The van der Waals surface area contributed by atoms with Gasteiger partial charge in [0, 0.05) is 22.6 Å². The number of benzene rings is 2. The average Bonchev–Trinajstić information content (AvgIpc) is 2.99. The molecule has 0 radical (unpaired) electrons. The highest BCUT2D eigenvalue weighted by Crippen LogP contribution is 2.41. The molecule has 1 aliphatic heterocycles. The number of nitrogens with one attached hydrogen (secondary N) is 1. The molecule has 2 aliphatic rings. The van der Waals surface area contributed by atoms with Gasteiger partial charge in [-0.05, 0) is 37.0 Å². The Labute approximate surface area is 155 Å². The van der Waals surface area contributed by atoms with Crippen LogP contribution in [0.25, 0.3) is 0 Å². The zero-order valence-corrected chi connectivity index (χ0v) is 15.5. The lowest BCUT2D eigenvalue weighted by molar-refractivity contribution is 0.0927. The number of hydrogen-bond acceptors (Lipinski definition) is 2. The number of carbonyl (C=O) groups is 1. The topological polar surface area (TPSA) is 38.3 Å². The van der Waals surface area contributed by atoms with Crippen LogP contribution in [0.5, 0.6) is 5.75 Å². The first-order valence-corrected chi connectivity index (χ1v) is 9.76. The monoisotopic (exact) mass is 349 g/mol. The highest BCUT2D eigenvalue weighted by Gasteiger charge is 2.36. The largest absolute Gasteiger partial charge is 0.492 e. The summed E-state index contributed by atoms with van der Waals surface area (Å²) >= 11 is 0. The van der Waals surface area contributed by atoms with Crippen LogP contribution in [0.2, 0.25) is 0 Å². The Balaban J connectivity index is 1.50. The van der Waals surface area contributed by atoms with E-state index in [2.05, 4.69) is 42.6 Å². The lowest BCUT2D eigenvalue weighted by Crippen LogP contribution is -2.36. The molecule has 1 amide bonds. The van der Waals surface area contributed by atoms with Crippen molar-refractivity contribution in [2.75, 3.05) is 6.61 Å². The van der Waals surface area contributed by atoms with E-state index in [1.54, 1.807) is 0 Å². The molecule has 0 spiro atoms. The van der Waals surface area contributed by atoms with Crippen LogP contribution in [-0.2, 0) is 11.8 Å². The Hall–Kier alpha value is -2.29. The summed E-state index contributed by atoms with van der Waals surface area (Å²) in [6.07, 6.45) is 6.87. The van der Waals surface area contributed by atoms with E-state index in [4.69, 9.17) is 4.74 Å². The third kappa shape index (κ3) is 3.48. The molecule has 1 saturated carbocycles. The SMILES string of the molecule is CC1(Cc2ccccc2)COc2cc(C(=O)NC3CCCCC3)ccc21. The van der Waals surface area contributed by atoms with Crippen LogP contribution < -0.4 is 10.1 Å². The van der Waals surface area contributed by atoms with Gasteiger partial charge in [0.15, 0.2) is 0 Å². The summed E-state index contributed by atoms with van der Waals surface area (Å²) in [4.78, 5) is 12.6. The van der Waals surface area contributed by atoms with Crippen LogP contribution in [0.3, 0.4) is 0 Å². The van der Waals surface area contributed by atoms with Gasteiger partial charge in [-0.1, -0.05) is 62.6 Å². The van der Waals surface area contributed by atoms with E-state index in [-0.39, 0.29) is 11.3 Å². The second-order valence-corrected chi connectivity index (χ2v) is 8.03. The van der Waals surface area contributed by atoms with Crippen LogP contribution in [-0.4, -0.2) is 18.6 Å². The molecule has 3 heteroatoms. The third-order valence-electron chi connectivity index (χ3n) is 5.82. The van der Waals surface area contributed by atoms with Gasteiger partial charge in [0.2, 0.25) is 0 Å². The maximum absolute atomic E-state index is 12.6. The van der Waals surface area contributed by atoms with Gasteiger partial charge in [0.25, 0.3) is 5.91 Å². The van der Waals surface area contributed by atoms with E-state index in [1.165, 1.54) is 30.4 Å². The Morgan fingerprint density at radius 3 is 2.65 bits per heavy atom. The number of rotatable bonds is 4. The van der Waals surface area contributed by atoms with E-state index < -0.39 is 0 Å². The van der Waals surface area contributed by atoms with Gasteiger partial charge in [0.1, 0.15) is 5.75 Å². The molecule has 1 aliphatic carbocycles. The molecule has 26 heavy (non-hydrogen) atoms. The van der Waals surface area contributed by atoms with E-state index >= 15 is 0 Å². The van der Waals surface area contributed by atoms with Crippen molar-refractivity contribution in [1.82, 2.24) is 5.32 Å². The minimum absolute atomic E-state index is 0.0277. The Morgan fingerprint density at radius 1 is 1.12 bits per heavy atom. The Morgan fingerprint density at radius 2 is 1.88 bits per heavy atom. The summed E-state index contributed by atoms with van der Waals surface area (Å²) < 4.78 is 5.99. The molecule has 2 aromatic rings. The minimum Gasteiger partial charge on any atom is -0.492 e. The van der Waals surface area contributed by atoms with Crippen LogP contribution in [0.15, 0.2) is 48.5 Å². The van der Waals surface area contributed by atoms with Crippen LogP contribution in [0, 0.1) is 0 Å². The number of ether oxygens (including phenoxy) is 1. The second kappa shape index (κ2) is 7.14. The summed E-state index contributed by atoms with van der Waals surface area (Å²) in [7, 11) is 0. The first-order chi connectivity index (χ1) is 12.6. The first-order valence-electron chi connectivity index (χ1n) is 9.76. The van der Waals surface area contributed by atoms with Gasteiger partial charge in [-0.15, -0.1) is 0 Å². The van der Waals surface area contributed by atoms with Crippen LogP contribution >= 0.6 is 0 Å². The summed E-state index contributed by atoms with van der Waals surface area (Å²) in [5.41, 5.74) is 3.18. The van der Waals surface area contributed by atoms with Crippen molar-refractivity contribution < 1.29 is 9.53 Å². The molecular weight excluding hydrogens is 322 g/mol. The standard InChI is InChI=1S/C23H27NO2/c1-23(15-17-8-4-2-5-9-17)16-26-21-14-18(12-13-20(21)23)22(25)24-19-10-6-3-7-11-19/h2,4-5,8-9,12-14,19H,3,6-7,10-11,15-16H2,1H3,(H,24,25). The molecule has 1 heterocycles. The molecule has 0 aromatic heterocycles. The van der Waals surface area contributed by atoms with Crippen molar-refractivity contribution in [2.24, 2.45) is 0 Å². The normalized spacial score (nSPS) is 22.5. The Bertz CT molecular complexity index is 780. The van der Waals surface area contributed by atoms with Gasteiger partial charge in [-0.3, -0.25) is 4.79 Å². The maximum Gasteiger partial charge on any atom is 0.251 e. The number of amides is 1. The number of carbonyl (C=O) groups excluding carboxylic acids is 1. The predicted molar refractivity (Wildman–Crippen MR) is 104 cm³/mol. The third-order valence-corrected chi connectivity index (χ3v) is 5.82. The lowest BCUT2D eigenvalue weighted by Gasteiger charge is -2.23. The van der Waals surface area contributed by atoms with Crippen LogP contribution in [0.1, 0.15) is 60.5 Å². The molecule has 4 rings (SSSR count). The van der Waals surface area contributed by atoms with Crippen LogP contribution in [0.4, 0.5) is 0 Å². The summed E-state index contributed by atoms with van der Waals surface area (Å²) in [6, 6.07) is 16.8. The summed E-state index contributed by atoms with van der Waals surface area (Å²) in [6.45, 7) is 2.90. The molecule has 1 atom stereocenters. The van der Waals surface area contributed by atoms with Gasteiger partial charge in [-0.2, -0.15) is 0 Å². The number of fused-ring (bicyclic) bond motifs is 1. The smallest absolute Gasteiger partial charge is 0.251 e. The first kappa shape index (κ1) is 17.1. The molecule has 136 valence electrons. The van der Waals surface area contributed by atoms with Crippen molar-refractivity contribution >= 4 is 5.91 Å². The average molecular weight is 349 g/mol. The fraction of sp³-hybridized carbons (Fsp3) is 0.435. The molecule has 1 unspecified atom stereocenters. The molecule has 1 N–H and O–H groups in total. The highest BCUT2D eigenvalue weighted by molar-refractivity contribution is 5.95. The zero-order valence-electron chi connectivity index (χ0n) is 15.5. The van der Waals surface area contributed by atoms with Crippen molar-refractivity contribution in [2.45, 2.75) is 56.9 Å². The van der Waals surface area contributed by atoms with E-state index in [1.807, 2.05) is 18.2 Å². The maximum atomic E-state index is 12.6. The number of hydrogen-bond donors (Lipinski definition) is 1. The second-order valence-electron chi connectivity index (χ2n) is 8.03. The van der Waals surface area contributed by atoms with Gasteiger partial charge in [0.05, 0.1) is 6.61 Å². The van der Waals surface area contributed by atoms with Crippen molar-refractivity contribution in [3.8, 4) is 5.75 Å². The molecular formula is C23H27NO2. The molecule has 1 fully saturated rings. The quantitative estimate of drug-likeness (QED) is 0.873. The Kier molecular flexibility index (Phi) is 4.71. The van der Waals surface area contributed by atoms with Gasteiger partial charge < -0.3 is 10.1 Å². The van der Waals surface area contributed by atoms with E-state index in [0.29, 0.717) is 18.2 Å². The van der Waals surface area contributed by atoms with E-state index in [0.717, 1.165) is 25.0 Å². The highest BCUT2D eigenvalue weighted by atomic mass is 16.5. The van der Waals surface area contributed by atoms with Gasteiger partial charge >= 0.3 is 0 Å². The predicted octanol–water partition coefficient (Wildman–Crippen LogP) is 4.64. The fourth-order valence-corrected chi connectivity index (χ4v) is 4.30. The fourth-order valence-electron chi connectivity index (χ4n) is 4.30. The molecule has 0 saturated heterocycles. The molecule has 0 bridgehead atoms. The van der Waals surface area contributed by atoms with Crippen molar-refractivity contribution in [3.63, 3.8) is 0 Å². The van der Waals surface area contributed by atoms with E-state index in [9.17, 15) is 4.79 Å². The van der Waals surface area contributed by atoms with Crippen molar-refractivity contribution in [1.29, 1.82) is 0 Å². The lowest BCUT2D eigenvalue weighted by atomic mass is 9.79. The summed E-state index contributed by atoms with van der Waals surface area (Å²) in [5.74, 6) is 0.889. The molecule has 2 aromatic carbocycles.